The van der Waals surface area contributed by atoms with Gasteiger partial charge < -0.3 is 14.6 Å². The average molecular weight is 436 g/mol. The largest absolute Gasteiger partial charge is 0.376 e. The highest BCUT2D eigenvalue weighted by molar-refractivity contribution is 6.11. The molecular formula is C25H29N3O4. The first-order chi connectivity index (χ1) is 15.4. The van der Waals surface area contributed by atoms with Crippen LogP contribution in [-0.2, 0) is 28.0 Å². The molecule has 168 valence electrons. The van der Waals surface area contributed by atoms with Gasteiger partial charge in [0.05, 0.1) is 12.6 Å². The zero-order valence-corrected chi connectivity index (χ0v) is 18.6. The molecule has 1 N–H and O–H groups in total. The normalized spacial score (nSPS) is 24.8. The van der Waals surface area contributed by atoms with Gasteiger partial charge in [0.25, 0.3) is 5.91 Å². The number of Topliss-reactive ketones (excluding diaryl/α,β-unsaturated/α-hetero) is 1. The first-order valence-corrected chi connectivity index (χ1v) is 11.4. The predicted octanol–water partition coefficient (Wildman–Crippen LogP) is 3.25. The second kappa shape index (κ2) is 7.89. The van der Waals surface area contributed by atoms with Crippen LogP contribution in [0.5, 0.6) is 0 Å². The van der Waals surface area contributed by atoms with E-state index in [1.165, 1.54) is 0 Å². The number of urea groups is 1. The van der Waals surface area contributed by atoms with Crippen LogP contribution in [0.1, 0.15) is 58.6 Å². The number of benzene rings is 1. The molecule has 0 radical (unpaired) electrons. The summed E-state index contributed by atoms with van der Waals surface area (Å²) in [6.07, 6.45) is 4.50. The van der Waals surface area contributed by atoms with Crippen LogP contribution in [0.15, 0.2) is 30.3 Å². The number of hydrogen-bond donors (Lipinski definition) is 1. The predicted molar refractivity (Wildman–Crippen MR) is 119 cm³/mol. The third-order valence-corrected chi connectivity index (χ3v) is 7.24. The Morgan fingerprint density at radius 2 is 2.03 bits per heavy atom. The zero-order valence-electron chi connectivity index (χ0n) is 18.6. The molecule has 7 nitrogen and oxygen atoms in total. The molecule has 2 atom stereocenters. The second-order valence-corrected chi connectivity index (χ2v) is 9.19. The van der Waals surface area contributed by atoms with Gasteiger partial charge in [-0.1, -0.05) is 24.3 Å². The van der Waals surface area contributed by atoms with E-state index in [-0.39, 0.29) is 24.3 Å². The lowest BCUT2D eigenvalue weighted by molar-refractivity contribution is -0.131. The highest BCUT2D eigenvalue weighted by Gasteiger charge is 2.54. The third kappa shape index (κ3) is 3.26. The van der Waals surface area contributed by atoms with E-state index in [9.17, 15) is 14.4 Å². The fourth-order valence-electron chi connectivity index (χ4n) is 5.54. The molecule has 1 aliphatic carbocycles. The number of aromatic nitrogens is 1. The van der Waals surface area contributed by atoms with E-state index in [1.807, 2.05) is 44.2 Å². The van der Waals surface area contributed by atoms with Gasteiger partial charge in [0.15, 0.2) is 5.78 Å². The molecule has 3 amide bonds. The Bertz CT molecular complexity index is 1100. The standard InChI is InChI=1S/C25H29N3O4/c1-16-13-20(17(2)27(16)14-19-9-6-12-32-19)22(29)15-28-23(30)25(26-24(28)31)11-5-8-18-7-3-4-10-21(18)25/h3-4,7,10,13,19H,5-6,8-9,11-12,14-15H2,1-2H3,(H,26,31)/t19-,25-/m1/s1. The summed E-state index contributed by atoms with van der Waals surface area (Å²) in [6, 6.07) is 9.13. The van der Waals surface area contributed by atoms with Gasteiger partial charge in [0.2, 0.25) is 0 Å². The lowest BCUT2D eigenvalue weighted by Crippen LogP contribution is -2.46. The number of imide groups is 1. The molecule has 3 aliphatic rings. The van der Waals surface area contributed by atoms with Crippen LogP contribution in [0.3, 0.4) is 0 Å². The first-order valence-electron chi connectivity index (χ1n) is 11.4. The van der Waals surface area contributed by atoms with Gasteiger partial charge in [0, 0.05) is 30.1 Å². The number of aryl methyl sites for hydroxylation is 2. The molecule has 7 heteroatoms. The van der Waals surface area contributed by atoms with Crippen molar-refractivity contribution >= 4 is 17.7 Å². The lowest BCUT2D eigenvalue weighted by atomic mass is 9.76. The smallest absolute Gasteiger partial charge is 0.325 e. The van der Waals surface area contributed by atoms with Crippen LogP contribution in [0.4, 0.5) is 4.79 Å². The molecule has 2 aromatic rings. The molecule has 1 spiro atoms. The summed E-state index contributed by atoms with van der Waals surface area (Å²) in [7, 11) is 0. The van der Waals surface area contributed by atoms with Crippen molar-refractivity contribution < 1.29 is 19.1 Å². The fourth-order valence-corrected chi connectivity index (χ4v) is 5.54. The Balaban J connectivity index is 1.38. The van der Waals surface area contributed by atoms with E-state index < -0.39 is 11.6 Å². The van der Waals surface area contributed by atoms with E-state index in [4.69, 9.17) is 4.74 Å². The van der Waals surface area contributed by atoms with E-state index in [1.54, 1.807) is 0 Å². The Labute approximate surface area is 187 Å². The Hall–Kier alpha value is -2.93. The molecule has 2 fully saturated rings. The van der Waals surface area contributed by atoms with Crippen LogP contribution < -0.4 is 5.32 Å². The zero-order chi connectivity index (χ0) is 22.5. The molecule has 32 heavy (non-hydrogen) atoms. The number of hydrogen-bond acceptors (Lipinski definition) is 4. The summed E-state index contributed by atoms with van der Waals surface area (Å²) in [4.78, 5) is 40.6. The molecular weight excluding hydrogens is 406 g/mol. The number of ketones is 1. The molecule has 0 unspecified atom stereocenters. The Morgan fingerprint density at radius 1 is 1.22 bits per heavy atom. The van der Waals surface area contributed by atoms with E-state index in [2.05, 4.69) is 9.88 Å². The summed E-state index contributed by atoms with van der Waals surface area (Å²) in [5.41, 5.74) is 3.28. The number of carbonyl (C=O) groups is 3. The topological polar surface area (TPSA) is 80.6 Å². The second-order valence-electron chi connectivity index (χ2n) is 9.19. The number of nitrogens with zero attached hydrogens (tertiary/aromatic N) is 2. The Morgan fingerprint density at radius 3 is 2.81 bits per heavy atom. The van der Waals surface area contributed by atoms with Crippen LogP contribution in [-0.4, -0.2) is 46.4 Å². The summed E-state index contributed by atoms with van der Waals surface area (Å²) >= 11 is 0. The molecule has 0 bridgehead atoms. The van der Waals surface area contributed by atoms with Crippen molar-refractivity contribution in [1.29, 1.82) is 0 Å². The number of amides is 3. The lowest BCUT2D eigenvalue weighted by Gasteiger charge is -2.33. The van der Waals surface area contributed by atoms with Crippen LogP contribution in [0.2, 0.25) is 0 Å². The minimum Gasteiger partial charge on any atom is -0.376 e. The van der Waals surface area contributed by atoms with Gasteiger partial charge in [-0.05, 0) is 63.1 Å². The van der Waals surface area contributed by atoms with Crippen LogP contribution >= 0.6 is 0 Å². The number of rotatable bonds is 5. The summed E-state index contributed by atoms with van der Waals surface area (Å²) < 4.78 is 7.86. The number of carbonyl (C=O) groups excluding carboxylic acids is 3. The van der Waals surface area contributed by atoms with E-state index in [0.717, 1.165) is 59.7 Å². The summed E-state index contributed by atoms with van der Waals surface area (Å²) in [6.45, 7) is 5.14. The minimum atomic E-state index is -1.05. The van der Waals surface area contributed by atoms with Crippen molar-refractivity contribution in [2.75, 3.05) is 13.2 Å². The molecule has 1 aromatic heterocycles. The summed E-state index contributed by atoms with van der Waals surface area (Å²) in [5.74, 6) is -0.544. The van der Waals surface area contributed by atoms with Gasteiger partial charge >= 0.3 is 6.03 Å². The van der Waals surface area contributed by atoms with E-state index in [0.29, 0.717) is 18.5 Å². The Kier molecular flexibility index (Phi) is 5.16. The third-order valence-electron chi connectivity index (χ3n) is 7.24. The van der Waals surface area contributed by atoms with Crippen molar-refractivity contribution in [2.24, 2.45) is 0 Å². The van der Waals surface area contributed by atoms with E-state index >= 15 is 0 Å². The molecule has 2 aliphatic heterocycles. The highest BCUT2D eigenvalue weighted by atomic mass is 16.5. The fraction of sp³-hybridized carbons (Fsp3) is 0.480. The minimum absolute atomic E-state index is 0.167. The molecule has 1 aromatic carbocycles. The van der Waals surface area contributed by atoms with Gasteiger partial charge in [-0.2, -0.15) is 0 Å². The van der Waals surface area contributed by atoms with Crippen LogP contribution in [0, 0.1) is 13.8 Å². The maximum absolute atomic E-state index is 13.5. The molecule has 3 heterocycles. The highest BCUT2D eigenvalue weighted by Crippen LogP contribution is 2.40. The quantitative estimate of drug-likeness (QED) is 0.578. The molecule has 0 saturated carbocycles. The van der Waals surface area contributed by atoms with Crippen LogP contribution in [0.25, 0.3) is 0 Å². The average Bonchev–Trinajstić information content (AvgIpc) is 3.46. The first kappa shape index (κ1) is 20.9. The molecule has 5 rings (SSSR count). The van der Waals surface area contributed by atoms with Crippen molar-refractivity contribution in [2.45, 2.75) is 64.1 Å². The SMILES string of the molecule is Cc1cc(C(=O)CN2C(=O)N[C@@]3(CCCc4ccccc43)C2=O)c(C)n1C[C@H]1CCCO1. The van der Waals surface area contributed by atoms with Gasteiger partial charge in [0.1, 0.15) is 5.54 Å². The maximum atomic E-state index is 13.5. The van der Waals surface area contributed by atoms with Gasteiger partial charge in [-0.3, -0.25) is 14.5 Å². The van der Waals surface area contributed by atoms with Crippen molar-refractivity contribution in [3.63, 3.8) is 0 Å². The number of ether oxygens (including phenoxy) is 1. The van der Waals surface area contributed by atoms with Gasteiger partial charge in [-0.25, -0.2) is 4.79 Å². The van der Waals surface area contributed by atoms with Crippen molar-refractivity contribution in [3.05, 3.63) is 58.4 Å². The number of fused-ring (bicyclic) bond motifs is 2. The monoisotopic (exact) mass is 435 g/mol. The maximum Gasteiger partial charge on any atom is 0.325 e. The molecule has 2 saturated heterocycles. The van der Waals surface area contributed by atoms with Crippen molar-refractivity contribution in [1.82, 2.24) is 14.8 Å². The summed E-state index contributed by atoms with van der Waals surface area (Å²) in [5, 5.41) is 2.93. The van der Waals surface area contributed by atoms with Gasteiger partial charge in [-0.15, -0.1) is 0 Å². The van der Waals surface area contributed by atoms with Crippen molar-refractivity contribution in [3.8, 4) is 0 Å². The number of nitrogens with one attached hydrogen (secondary N) is 1.